The minimum absolute atomic E-state index is 0.0664. The van der Waals surface area contributed by atoms with Gasteiger partial charge in [0.25, 0.3) is 0 Å². The Morgan fingerprint density at radius 3 is 2.24 bits per heavy atom. The molecule has 1 saturated heterocycles. The molecule has 3 rings (SSSR count). The maximum Gasteiger partial charge on any atom is 0.243 e. The van der Waals surface area contributed by atoms with Gasteiger partial charge in [-0.3, -0.25) is 0 Å². The van der Waals surface area contributed by atoms with E-state index in [4.69, 9.17) is 23.2 Å². The molecule has 2 aromatic rings. The van der Waals surface area contributed by atoms with Crippen molar-refractivity contribution in [2.75, 3.05) is 13.1 Å². The fraction of sp³-hybridized carbons (Fsp3) is 0.385. The number of halogens is 2. The normalized spacial score (nSPS) is 17.2. The van der Waals surface area contributed by atoms with E-state index in [0.29, 0.717) is 24.1 Å². The fourth-order valence-electron chi connectivity index (χ4n) is 2.41. The lowest BCUT2D eigenvalue weighted by molar-refractivity contribution is 0.346. The number of sulfonamides is 1. The quantitative estimate of drug-likeness (QED) is 0.838. The summed E-state index contributed by atoms with van der Waals surface area (Å²) in [7, 11) is -3.49. The van der Waals surface area contributed by atoms with Crippen LogP contribution in [0.4, 0.5) is 0 Å². The van der Waals surface area contributed by atoms with Crippen molar-refractivity contribution in [1.29, 1.82) is 0 Å². The number of rotatable bonds is 2. The first kappa shape index (κ1) is 15.0. The molecule has 0 unspecified atom stereocenters. The van der Waals surface area contributed by atoms with Gasteiger partial charge in [0.15, 0.2) is 10.3 Å². The van der Waals surface area contributed by atoms with E-state index in [2.05, 4.69) is 9.97 Å². The predicted octanol–water partition coefficient (Wildman–Crippen LogP) is 3.11. The molecule has 5 nitrogen and oxygen atoms in total. The highest BCUT2D eigenvalue weighted by atomic mass is 35.5. The predicted molar refractivity (Wildman–Crippen MR) is 82.2 cm³/mol. The third kappa shape index (κ3) is 2.85. The van der Waals surface area contributed by atoms with Gasteiger partial charge >= 0.3 is 0 Å². The summed E-state index contributed by atoms with van der Waals surface area (Å²) in [5, 5.41) is 0.174. The van der Waals surface area contributed by atoms with E-state index in [1.165, 1.54) is 16.4 Å². The summed E-state index contributed by atoms with van der Waals surface area (Å²) in [5.41, 5.74) is 0.935. The summed E-state index contributed by atoms with van der Waals surface area (Å²) >= 11 is 11.6. The molecule has 0 amide bonds. The third-order valence-electron chi connectivity index (χ3n) is 3.51. The number of aromatic nitrogens is 2. The van der Waals surface area contributed by atoms with Crippen LogP contribution in [0, 0.1) is 0 Å². The van der Waals surface area contributed by atoms with Crippen LogP contribution in [0.5, 0.6) is 0 Å². The van der Waals surface area contributed by atoms with Gasteiger partial charge in [-0.15, -0.1) is 0 Å². The zero-order valence-corrected chi connectivity index (χ0v) is 13.4. The van der Waals surface area contributed by atoms with Crippen LogP contribution in [0.25, 0.3) is 11.0 Å². The Balaban J connectivity index is 2.05. The van der Waals surface area contributed by atoms with Gasteiger partial charge in [-0.25, -0.2) is 18.4 Å². The first-order chi connectivity index (χ1) is 9.98. The zero-order chi connectivity index (χ0) is 15.0. The monoisotopic (exact) mass is 345 g/mol. The first-order valence-electron chi connectivity index (χ1n) is 6.61. The van der Waals surface area contributed by atoms with E-state index >= 15 is 0 Å². The van der Waals surface area contributed by atoms with E-state index in [1.807, 2.05) is 0 Å². The van der Waals surface area contributed by atoms with Gasteiger partial charge < -0.3 is 0 Å². The van der Waals surface area contributed by atoms with E-state index in [-0.39, 0.29) is 15.2 Å². The number of benzene rings is 1. The Bertz CT molecular complexity index is 789. The van der Waals surface area contributed by atoms with E-state index in [9.17, 15) is 8.42 Å². The van der Waals surface area contributed by atoms with Crippen LogP contribution in [0.2, 0.25) is 10.3 Å². The van der Waals surface area contributed by atoms with Crippen molar-refractivity contribution >= 4 is 44.3 Å². The molecule has 21 heavy (non-hydrogen) atoms. The molecule has 0 atom stereocenters. The van der Waals surface area contributed by atoms with E-state index in [0.717, 1.165) is 19.3 Å². The molecule has 1 aliphatic rings. The molecule has 0 aliphatic carbocycles. The van der Waals surface area contributed by atoms with Crippen LogP contribution in [0.15, 0.2) is 23.1 Å². The molecule has 1 fully saturated rings. The lowest BCUT2D eigenvalue weighted by Crippen LogP contribution is -2.35. The summed E-state index contributed by atoms with van der Waals surface area (Å²) in [5.74, 6) is 0. The Kier molecular flexibility index (Phi) is 4.05. The van der Waals surface area contributed by atoms with Gasteiger partial charge in [-0.05, 0) is 31.0 Å². The molecule has 0 spiro atoms. The first-order valence-corrected chi connectivity index (χ1v) is 8.81. The van der Waals surface area contributed by atoms with Gasteiger partial charge in [0.1, 0.15) is 0 Å². The number of piperidine rings is 1. The molecule has 0 bridgehead atoms. The maximum absolute atomic E-state index is 12.6. The van der Waals surface area contributed by atoms with Crippen molar-refractivity contribution in [2.24, 2.45) is 0 Å². The topological polar surface area (TPSA) is 63.2 Å². The van der Waals surface area contributed by atoms with E-state index in [1.54, 1.807) is 6.07 Å². The highest BCUT2D eigenvalue weighted by Gasteiger charge is 2.26. The second kappa shape index (κ2) is 5.68. The van der Waals surface area contributed by atoms with Crippen LogP contribution >= 0.6 is 23.2 Å². The number of nitrogens with zero attached hydrogens (tertiary/aromatic N) is 3. The SMILES string of the molecule is O=S(=O)(c1ccc2nc(Cl)c(Cl)nc2c1)N1CCCCC1. The largest absolute Gasteiger partial charge is 0.243 e. The molecule has 8 heteroatoms. The van der Waals surface area contributed by atoms with Crippen molar-refractivity contribution in [3.05, 3.63) is 28.5 Å². The van der Waals surface area contributed by atoms with Crippen molar-refractivity contribution in [1.82, 2.24) is 14.3 Å². The fourth-order valence-corrected chi connectivity index (χ4v) is 4.21. The molecule has 1 aromatic carbocycles. The minimum atomic E-state index is -3.49. The highest BCUT2D eigenvalue weighted by molar-refractivity contribution is 7.89. The number of hydrogen-bond acceptors (Lipinski definition) is 4. The molecule has 0 radical (unpaired) electrons. The summed E-state index contributed by atoms with van der Waals surface area (Å²) < 4.78 is 26.7. The maximum atomic E-state index is 12.6. The molecule has 2 heterocycles. The molecule has 1 aromatic heterocycles. The van der Waals surface area contributed by atoms with Crippen LogP contribution in [0.1, 0.15) is 19.3 Å². The van der Waals surface area contributed by atoms with Crippen LogP contribution < -0.4 is 0 Å². The van der Waals surface area contributed by atoms with E-state index < -0.39 is 10.0 Å². The molecule has 1 aliphatic heterocycles. The third-order valence-corrected chi connectivity index (χ3v) is 6.03. The number of hydrogen-bond donors (Lipinski definition) is 0. The minimum Gasteiger partial charge on any atom is -0.231 e. The second-order valence-corrected chi connectivity index (χ2v) is 7.57. The Labute approximate surface area is 132 Å². The van der Waals surface area contributed by atoms with Crippen LogP contribution in [-0.2, 0) is 10.0 Å². The van der Waals surface area contributed by atoms with Crippen molar-refractivity contribution in [2.45, 2.75) is 24.2 Å². The van der Waals surface area contributed by atoms with Crippen LogP contribution in [0.3, 0.4) is 0 Å². The molecular formula is C13H13Cl2N3O2S. The average Bonchev–Trinajstić information content (AvgIpc) is 2.49. The number of fused-ring (bicyclic) bond motifs is 1. The Morgan fingerprint density at radius 1 is 0.952 bits per heavy atom. The highest BCUT2D eigenvalue weighted by Crippen LogP contribution is 2.25. The summed E-state index contributed by atoms with van der Waals surface area (Å²) in [6.07, 6.45) is 2.87. The summed E-state index contributed by atoms with van der Waals surface area (Å²) in [6, 6.07) is 4.63. The van der Waals surface area contributed by atoms with Gasteiger partial charge in [0.2, 0.25) is 10.0 Å². The van der Waals surface area contributed by atoms with Crippen LogP contribution in [-0.4, -0.2) is 35.8 Å². The van der Waals surface area contributed by atoms with Gasteiger partial charge in [0, 0.05) is 13.1 Å². The summed E-state index contributed by atoms with van der Waals surface area (Å²) in [4.78, 5) is 8.37. The molecule has 0 saturated carbocycles. The van der Waals surface area contributed by atoms with Crippen molar-refractivity contribution < 1.29 is 8.42 Å². The lowest BCUT2D eigenvalue weighted by Gasteiger charge is -2.25. The van der Waals surface area contributed by atoms with Crippen molar-refractivity contribution in [3.8, 4) is 0 Å². The molecular weight excluding hydrogens is 333 g/mol. The Hall–Kier alpha value is -0.950. The lowest BCUT2D eigenvalue weighted by atomic mass is 10.2. The second-order valence-electron chi connectivity index (χ2n) is 4.92. The van der Waals surface area contributed by atoms with Gasteiger partial charge in [-0.2, -0.15) is 4.31 Å². The zero-order valence-electron chi connectivity index (χ0n) is 11.1. The average molecular weight is 346 g/mol. The molecule has 112 valence electrons. The summed E-state index contributed by atoms with van der Waals surface area (Å²) in [6.45, 7) is 1.13. The van der Waals surface area contributed by atoms with Gasteiger partial charge in [0.05, 0.1) is 15.9 Å². The Morgan fingerprint density at radius 2 is 1.57 bits per heavy atom. The molecule has 0 N–H and O–H groups in total. The standard InChI is InChI=1S/C13H13Cl2N3O2S/c14-12-13(15)17-11-8-9(4-5-10(11)16-12)21(19,20)18-6-2-1-3-7-18/h4-5,8H,1-3,6-7H2. The smallest absolute Gasteiger partial charge is 0.231 e. The van der Waals surface area contributed by atoms with Gasteiger partial charge in [-0.1, -0.05) is 29.6 Å². The van der Waals surface area contributed by atoms with Crippen molar-refractivity contribution in [3.63, 3.8) is 0 Å².